The summed E-state index contributed by atoms with van der Waals surface area (Å²) in [6.07, 6.45) is 8.38. The summed E-state index contributed by atoms with van der Waals surface area (Å²) >= 11 is 0. The van der Waals surface area contributed by atoms with Crippen molar-refractivity contribution in [3.05, 3.63) is 0 Å². The molecule has 0 aromatic carbocycles. The number of hydrogen-bond acceptors (Lipinski definition) is 3. The first-order valence-electron chi connectivity index (χ1n) is 8.55. The Morgan fingerprint density at radius 3 is 2.43 bits per heavy atom. The van der Waals surface area contributed by atoms with Crippen molar-refractivity contribution in [1.82, 2.24) is 10.6 Å². The maximum Gasteiger partial charge on any atom is 0.407 e. The molecule has 0 aliphatic heterocycles. The number of hydrogen-bond donors (Lipinski definition) is 2. The van der Waals surface area contributed by atoms with E-state index in [9.17, 15) is 4.79 Å². The van der Waals surface area contributed by atoms with E-state index in [-0.39, 0.29) is 12.1 Å². The molecule has 1 amide bonds. The van der Waals surface area contributed by atoms with Gasteiger partial charge >= 0.3 is 6.09 Å². The Labute approximate surface area is 129 Å². The normalized spacial score (nSPS) is 28.0. The summed E-state index contributed by atoms with van der Waals surface area (Å²) in [5, 5.41) is 6.74. The lowest BCUT2D eigenvalue weighted by atomic mass is 9.67. The highest BCUT2D eigenvalue weighted by Crippen LogP contribution is 2.43. The zero-order chi connectivity index (χ0) is 15.5. The lowest BCUT2D eigenvalue weighted by Gasteiger charge is -2.42. The highest BCUT2D eigenvalue weighted by Gasteiger charge is 2.36. The monoisotopic (exact) mass is 296 g/mol. The van der Waals surface area contributed by atoms with Crippen LogP contribution < -0.4 is 10.6 Å². The van der Waals surface area contributed by atoms with Gasteiger partial charge in [-0.3, -0.25) is 0 Å². The molecule has 0 spiro atoms. The van der Waals surface area contributed by atoms with Crippen LogP contribution in [-0.4, -0.2) is 30.3 Å². The Kier molecular flexibility index (Phi) is 5.18. The van der Waals surface area contributed by atoms with Gasteiger partial charge in [-0.05, 0) is 64.7 Å². The standard InChI is InChI=1S/C17H32N2O2/c1-5-17(9-6-10-17)12-18-13-7-8-14(11-13)19-15(20)21-16(2,3)4/h13-14,18H,5-12H2,1-4H3,(H,19,20). The molecule has 2 aliphatic carbocycles. The van der Waals surface area contributed by atoms with E-state index in [4.69, 9.17) is 4.74 Å². The molecule has 2 saturated carbocycles. The molecule has 0 aromatic rings. The van der Waals surface area contributed by atoms with Crippen molar-refractivity contribution in [2.75, 3.05) is 6.54 Å². The summed E-state index contributed by atoms with van der Waals surface area (Å²) in [5.41, 5.74) is 0.148. The zero-order valence-electron chi connectivity index (χ0n) is 14.1. The van der Waals surface area contributed by atoms with Gasteiger partial charge in [0.2, 0.25) is 0 Å². The average molecular weight is 296 g/mol. The first kappa shape index (κ1) is 16.6. The fraction of sp³-hybridized carbons (Fsp3) is 0.941. The predicted molar refractivity (Wildman–Crippen MR) is 85.4 cm³/mol. The molecular weight excluding hydrogens is 264 g/mol. The van der Waals surface area contributed by atoms with Gasteiger partial charge in [-0.1, -0.05) is 13.3 Å². The fourth-order valence-corrected chi connectivity index (χ4v) is 3.47. The first-order chi connectivity index (χ1) is 9.82. The third kappa shape index (κ3) is 4.87. The minimum Gasteiger partial charge on any atom is -0.444 e. The van der Waals surface area contributed by atoms with Gasteiger partial charge < -0.3 is 15.4 Å². The summed E-state index contributed by atoms with van der Waals surface area (Å²) in [6, 6.07) is 0.810. The number of carbonyl (C=O) groups is 1. The highest BCUT2D eigenvalue weighted by atomic mass is 16.6. The quantitative estimate of drug-likeness (QED) is 0.815. The van der Waals surface area contributed by atoms with Gasteiger partial charge in [-0.15, -0.1) is 0 Å². The molecule has 2 fully saturated rings. The largest absolute Gasteiger partial charge is 0.444 e. The van der Waals surface area contributed by atoms with Gasteiger partial charge in [-0.25, -0.2) is 4.79 Å². The maximum atomic E-state index is 11.8. The molecule has 2 unspecified atom stereocenters. The van der Waals surface area contributed by atoms with E-state index in [1.54, 1.807) is 0 Å². The van der Waals surface area contributed by atoms with Gasteiger partial charge in [-0.2, -0.15) is 0 Å². The summed E-state index contributed by atoms with van der Waals surface area (Å²) < 4.78 is 5.32. The van der Waals surface area contributed by atoms with Crippen molar-refractivity contribution in [3.63, 3.8) is 0 Å². The highest BCUT2D eigenvalue weighted by molar-refractivity contribution is 5.68. The first-order valence-corrected chi connectivity index (χ1v) is 8.55. The number of alkyl carbamates (subject to hydrolysis) is 1. The third-order valence-electron chi connectivity index (χ3n) is 5.08. The molecule has 4 nitrogen and oxygen atoms in total. The van der Waals surface area contributed by atoms with Crippen molar-refractivity contribution >= 4 is 6.09 Å². The van der Waals surface area contributed by atoms with E-state index in [0.29, 0.717) is 11.5 Å². The molecule has 0 bridgehead atoms. The van der Waals surface area contributed by atoms with Crippen molar-refractivity contribution < 1.29 is 9.53 Å². The van der Waals surface area contributed by atoms with Gasteiger partial charge in [0.1, 0.15) is 5.60 Å². The van der Waals surface area contributed by atoms with Crippen molar-refractivity contribution in [3.8, 4) is 0 Å². The van der Waals surface area contributed by atoms with Crippen LogP contribution in [0.1, 0.15) is 72.6 Å². The summed E-state index contributed by atoms with van der Waals surface area (Å²) in [4.78, 5) is 11.8. The topological polar surface area (TPSA) is 50.4 Å². The molecule has 2 rings (SSSR count). The predicted octanol–water partition coefficient (Wildman–Crippen LogP) is 3.60. The van der Waals surface area contributed by atoms with Crippen LogP contribution in [-0.2, 0) is 4.74 Å². The van der Waals surface area contributed by atoms with Crippen LogP contribution in [0.15, 0.2) is 0 Å². The molecular formula is C17H32N2O2. The van der Waals surface area contributed by atoms with Gasteiger partial charge in [0.25, 0.3) is 0 Å². The van der Waals surface area contributed by atoms with E-state index >= 15 is 0 Å². The Bertz CT molecular complexity index is 353. The molecule has 0 aromatic heterocycles. The maximum absolute atomic E-state index is 11.8. The van der Waals surface area contributed by atoms with E-state index in [1.165, 1.54) is 25.7 Å². The van der Waals surface area contributed by atoms with Crippen LogP contribution in [0.4, 0.5) is 4.79 Å². The van der Waals surface area contributed by atoms with Crippen LogP contribution in [0.5, 0.6) is 0 Å². The molecule has 2 N–H and O–H groups in total. The molecule has 0 radical (unpaired) electrons. The summed E-state index contributed by atoms with van der Waals surface area (Å²) in [6.45, 7) is 9.15. The van der Waals surface area contributed by atoms with Crippen LogP contribution in [0.25, 0.3) is 0 Å². The molecule has 21 heavy (non-hydrogen) atoms. The van der Waals surface area contributed by atoms with E-state index < -0.39 is 5.60 Å². The van der Waals surface area contributed by atoms with E-state index in [0.717, 1.165) is 25.8 Å². The van der Waals surface area contributed by atoms with Crippen molar-refractivity contribution in [2.45, 2.75) is 90.3 Å². The number of amides is 1. The van der Waals surface area contributed by atoms with E-state index in [1.807, 2.05) is 20.8 Å². The lowest BCUT2D eigenvalue weighted by molar-refractivity contribution is 0.0504. The summed E-state index contributed by atoms with van der Waals surface area (Å²) in [7, 11) is 0. The Morgan fingerprint density at radius 2 is 1.90 bits per heavy atom. The second-order valence-electron chi connectivity index (χ2n) is 7.94. The number of carbonyl (C=O) groups excluding carboxylic acids is 1. The van der Waals surface area contributed by atoms with Gasteiger partial charge in [0, 0.05) is 18.6 Å². The van der Waals surface area contributed by atoms with Gasteiger partial charge in [0.05, 0.1) is 0 Å². The molecule has 4 heteroatoms. The second-order valence-corrected chi connectivity index (χ2v) is 7.94. The van der Waals surface area contributed by atoms with Gasteiger partial charge in [0.15, 0.2) is 0 Å². The fourth-order valence-electron chi connectivity index (χ4n) is 3.47. The van der Waals surface area contributed by atoms with Crippen LogP contribution in [0, 0.1) is 5.41 Å². The number of nitrogens with one attached hydrogen (secondary N) is 2. The van der Waals surface area contributed by atoms with Crippen LogP contribution in [0.3, 0.4) is 0 Å². The van der Waals surface area contributed by atoms with Crippen molar-refractivity contribution in [2.24, 2.45) is 5.41 Å². The zero-order valence-corrected chi connectivity index (χ0v) is 14.1. The minimum absolute atomic E-state index is 0.260. The van der Waals surface area contributed by atoms with Crippen LogP contribution >= 0.6 is 0 Å². The van der Waals surface area contributed by atoms with E-state index in [2.05, 4.69) is 17.6 Å². The average Bonchev–Trinajstić information content (AvgIpc) is 2.73. The second kappa shape index (κ2) is 6.55. The Morgan fingerprint density at radius 1 is 1.24 bits per heavy atom. The molecule has 2 aliphatic rings. The third-order valence-corrected chi connectivity index (χ3v) is 5.08. The lowest BCUT2D eigenvalue weighted by Crippen LogP contribution is -2.43. The smallest absolute Gasteiger partial charge is 0.407 e. The Balaban J connectivity index is 1.67. The SMILES string of the molecule is CCC1(CNC2CCC(NC(=O)OC(C)(C)C)C2)CCC1. The van der Waals surface area contributed by atoms with Crippen molar-refractivity contribution in [1.29, 1.82) is 0 Å². The number of ether oxygens (including phenoxy) is 1. The minimum atomic E-state index is -0.419. The molecule has 0 saturated heterocycles. The van der Waals surface area contributed by atoms with Crippen LogP contribution in [0.2, 0.25) is 0 Å². The molecule has 0 heterocycles. The number of rotatable bonds is 5. The summed E-state index contributed by atoms with van der Waals surface area (Å²) in [5.74, 6) is 0. The Hall–Kier alpha value is -0.770. The molecule has 2 atom stereocenters. The molecule has 122 valence electrons.